The van der Waals surface area contributed by atoms with Crippen molar-refractivity contribution in [2.24, 2.45) is 0 Å². The Labute approximate surface area is 93.1 Å². The van der Waals surface area contributed by atoms with Gasteiger partial charge in [-0.3, -0.25) is 4.79 Å². The maximum absolute atomic E-state index is 10.5. The molecule has 0 spiro atoms. The molecule has 0 bridgehead atoms. The number of hydrogen-bond acceptors (Lipinski definition) is 3. The lowest BCUT2D eigenvalue weighted by atomic mass is 9.97. The molecule has 1 atom stereocenters. The Morgan fingerprint density at radius 3 is 2.40 bits per heavy atom. The Balaban J connectivity index is 2.78. The number of carbonyl (C=O) groups is 1. The molecule has 0 saturated heterocycles. The molecule has 1 rings (SSSR count). The van der Waals surface area contributed by atoms with Crippen LogP contribution in [0.5, 0.6) is 0 Å². The van der Waals surface area contributed by atoms with E-state index in [2.05, 4.69) is 0 Å². The third kappa shape index (κ3) is 3.57. The minimum atomic E-state index is -0.886. The first-order chi connectivity index (χ1) is 7.17. The Morgan fingerprint density at radius 1 is 1.40 bits per heavy atom. The van der Waals surface area contributed by atoms with Crippen LogP contribution in [-0.4, -0.2) is 29.0 Å². The van der Waals surface area contributed by atoms with Crippen molar-refractivity contribution in [1.82, 2.24) is 0 Å². The summed E-state index contributed by atoms with van der Waals surface area (Å²) >= 11 is 1.63. The molecule has 2 N–H and O–H groups in total. The van der Waals surface area contributed by atoms with E-state index in [0.717, 1.165) is 10.5 Å². The third-order valence-electron chi connectivity index (χ3n) is 2.23. The van der Waals surface area contributed by atoms with Gasteiger partial charge in [0, 0.05) is 10.8 Å². The fourth-order valence-electron chi connectivity index (χ4n) is 1.37. The van der Waals surface area contributed by atoms with Crippen LogP contribution in [0, 0.1) is 0 Å². The third-order valence-corrected chi connectivity index (χ3v) is 2.97. The van der Waals surface area contributed by atoms with Gasteiger partial charge < -0.3 is 10.2 Å². The minimum Gasteiger partial charge on any atom is -0.481 e. The van der Waals surface area contributed by atoms with Crippen LogP contribution in [0.2, 0.25) is 0 Å². The van der Waals surface area contributed by atoms with Crippen LogP contribution in [0.3, 0.4) is 0 Å². The van der Waals surface area contributed by atoms with Gasteiger partial charge in [-0.15, -0.1) is 11.8 Å². The number of aliphatic hydroxyl groups excluding tert-OH is 1. The molecule has 15 heavy (non-hydrogen) atoms. The highest BCUT2D eigenvalue weighted by Gasteiger charge is 2.14. The molecule has 0 radical (unpaired) electrons. The van der Waals surface area contributed by atoms with Crippen LogP contribution in [0.15, 0.2) is 29.2 Å². The number of rotatable bonds is 5. The molecular weight excluding hydrogens is 212 g/mol. The predicted molar refractivity (Wildman–Crippen MR) is 60.3 cm³/mol. The molecule has 0 aliphatic heterocycles. The van der Waals surface area contributed by atoms with Gasteiger partial charge in [-0.05, 0) is 24.0 Å². The van der Waals surface area contributed by atoms with E-state index in [9.17, 15) is 4.79 Å². The molecular formula is C11H14O3S. The van der Waals surface area contributed by atoms with Crippen molar-refractivity contribution in [1.29, 1.82) is 0 Å². The maximum atomic E-state index is 10.5. The standard InChI is InChI=1S/C11H14O3S/c1-15-10-4-2-8(3-5-10)9(7-12)6-11(13)14/h2-5,9,12H,6-7H2,1H3,(H,13,14). The molecule has 0 aliphatic rings. The van der Waals surface area contributed by atoms with E-state index < -0.39 is 5.97 Å². The summed E-state index contributed by atoms with van der Waals surface area (Å²) in [7, 11) is 0. The number of hydrogen-bond donors (Lipinski definition) is 2. The fraction of sp³-hybridized carbons (Fsp3) is 0.364. The SMILES string of the molecule is CSc1ccc(C(CO)CC(=O)O)cc1. The Hall–Kier alpha value is -1.00. The molecule has 3 nitrogen and oxygen atoms in total. The molecule has 82 valence electrons. The molecule has 0 aromatic heterocycles. The summed E-state index contributed by atoms with van der Waals surface area (Å²) in [6.45, 7) is -0.134. The van der Waals surface area contributed by atoms with Crippen molar-refractivity contribution in [2.75, 3.05) is 12.9 Å². The number of aliphatic carboxylic acids is 1. The van der Waals surface area contributed by atoms with Gasteiger partial charge in [0.2, 0.25) is 0 Å². The summed E-state index contributed by atoms with van der Waals surface area (Å²) in [5.74, 6) is -1.19. The normalized spacial score (nSPS) is 12.4. The molecule has 0 heterocycles. The molecule has 1 aromatic rings. The monoisotopic (exact) mass is 226 g/mol. The van der Waals surface area contributed by atoms with Crippen molar-refractivity contribution >= 4 is 17.7 Å². The Morgan fingerprint density at radius 2 is 2.00 bits per heavy atom. The first kappa shape index (κ1) is 12.1. The summed E-state index contributed by atoms with van der Waals surface area (Å²) in [5, 5.41) is 17.7. The molecule has 4 heteroatoms. The summed E-state index contributed by atoms with van der Waals surface area (Å²) in [4.78, 5) is 11.7. The molecule has 1 aromatic carbocycles. The maximum Gasteiger partial charge on any atom is 0.304 e. The highest BCUT2D eigenvalue weighted by atomic mass is 32.2. The van der Waals surface area contributed by atoms with E-state index in [1.807, 2.05) is 30.5 Å². The number of carboxylic acid groups (broad SMARTS) is 1. The number of benzene rings is 1. The Kier molecular flexibility index (Phi) is 4.65. The second-order valence-electron chi connectivity index (χ2n) is 3.25. The zero-order valence-corrected chi connectivity index (χ0v) is 9.33. The van der Waals surface area contributed by atoms with Crippen molar-refractivity contribution in [3.05, 3.63) is 29.8 Å². The smallest absolute Gasteiger partial charge is 0.304 e. The van der Waals surface area contributed by atoms with Gasteiger partial charge in [0.25, 0.3) is 0 Å². The van der Waals surface area contributed by atoms with Gasteiger partial charge in [-0.25, -0.2) is 0 Å². The zero-order chi connectivity index (χ0) is 11.3. The van der Waals surface area contributed by atoms with E-state index in [-0.39, 0.29) is 18.9 Å². The van der Waals surface area contributed by atoms with Gasteiger partial charge in [0.1, 0.15) is 0 Å². The molecule has 0 saturated carbocycles. The van der Waals surface area contributed by atoms with E-state index in [1.165, 1.54) is 0 Å². The summed E-state index contributed by atoms with van der Waals surface area (Å²) in [6, 6.07) is 7.61. The van der Waals surface area contributed by atoms with Crippen molar-refractivity contribution in [3.8, 4) is 0 Å². The Bertz CT molecular complexity index is 321. The van der Waals surface area contributed by atoms with E-state index >= 15 is 0 Å². The van der Waals surface area contributed by atoms with E-state index in [4.69, 9.17) is 10.2 Å². The zero-order valence-electron chi connectivity index (χ0n) is 8.51. The fourth-order valence-corrected chi connectivity index (χ4v) is 1.78. The van der Waals surface area contributed by atoms with Gasteiger partial charge in [0.15, 0.2) is 0 Å². The topological polar surface area (TPSA) is 57.5 Å². The second kappa shape index (κ2) is 5.78. The largest absolute Gasteiger partial charge is 0.481 e. The quantitative estimate of drug-likeness (QED) is 0.753. The van der Waals surface area contributed by atoms with E-state index in [0.29, 0.717) is 0 Å². The minimum absolute atomic E-state index is 0.0326. The average molecular weight is 226 g/mol. The van der Waals surface area contributed by atoms with Crippen molar-refractivity contribution in [3.63, 3.8) is 0 Å². The van der Waals surface area contributed by atoms with Gasteiger partial charge in [-0.1, -0.05) is 12.1 Å². The predicted octanol–water partition coefficient (Wildman–Crippen LogP) is 1.96. The van der Waals surface area contributed by atoms with E-state index in [1.54, 1.807) is 11.8 Å². The first-order valence-electron chi connectivity index (χ1n) is 4.64. The lowest BCUT2D eigenvalue weighted by Crippen LogP contribution is -2.10. The van der Waals surface area contributed by atoms with Crippen LogP contribution in [-0.2, 0) is 4.79 Å². The van der Waals surface area contributed by atoms with Crippen molar-refractivity contribution in [2.45, 2.75) is 17.2 Å². The first-order valence-corrected chi connectivity index (χ1v) is 5.86. The lowest BCUT2D eigenvalue weighted by Gasteiger charge is -2.12. The number of thioether (sulfide) groups is 1. The molecule has 0 amide bonds. The van der Waals surface area contributed by atoms with Crippen LogP contribution in [0.25, 0.3) is 0 Å². The molecule has 1 unspecified atom stereocenters. The van der Waals surface area contributed by atoms with Crippen LogP contribution >= 0.6 is 11.8 Å². The molecule has 0 aliphatic carbocycles. The summed E-state index contributed by atoms with van der Waals surface area (Å²) < 4.78 is 0. The molecule has 0 fully saturated rings. The number of aliphatic hydroxyl groups is 1. The van der Waals surface area contributed by atoms with Crippen LogP contribution in [0.1, 0.15) is 17.9 Å². The summed E-state index contributed by atoms with van der Waals surface area (Å²) in [5.41, 5.74) is 0.873. The van der Waals surface area contributed by atoms with Gasteiger partial charge in [0.05, 0.1) is 13.0 Å². The number of carboxylic acids is 1. The highest BCUT2D eigenvalue weighted by molar-refractivity contribution is 7.98. The van der Waals surface area contributed by atoms with Gasteiger partial charge in [-0.2, -0.15) is 0 Å². The second-order valence-corrected chi connectivity index (χ2v) is 4.13. The highest BCUT2D eigenvalue weighted by Crippen LogP contribution is 2.22. The van der Waals surface area contributed by atoms with Crippen molar-refractivity contribution < 1.29 is 15.0 Å². The van der Waals surface area contributed by atoms with Gasteiger partial charge >= 0.3 is 5.97 Å². The average Bonchev–Trinajstić information content (AvgIpc) is 2.26. The summed E-state index contributed by atoms with van der Waals surface area (Å²) in [6.07, 6.45) is 1.95. The van der Waals surface area contributed by atoms with Crippen LogP contribution in [0.4, 0.5) is 0 Å². The lowest BCUT2D eigenvalue weighted by molar-refractivity contribution is -0.137. The van der Waals surface area contributed by atoms with Crippen LogP contribution < -0.4 is 0 Å².